The Morgan fingerprint density at radius 3 is 2.36 bits per heavy atom. The number of benzene rings is 3. The summed E-state index contributed by atoms with van der Waals surface area (Å²) in [5.74, 6) is 2.22. The molecule has 0 amide bonds. The van der Waals surface area contributed by atoms with E-state index in [2.05, 4.69) is 51.3 Å². The third-order valence-corrected chi connectivity index (χ3v) is 7.22. The van der Waals surface area contributed by atoms with Gasteiger partial charge in [-0.25, -0.2) is 0 Å². The van der Waals surface area contributed by atoms with Crippen LogP contribution in [0.4, 0.5) is 0 Å². The molecule has 0 saturated heterocycles. The number of ether oxygens (including phenoxy) is 4. The van der Waals surface area contributed by atoms with Crippen LogP contribution < -0.4 is 24.7 Å². The van der Waals surface area contributed by atoms with Crippen LogP contribution in [0.5, 0.6) is 23.0 Å². The van der Waals surface area contributed by atoms with Crippen LogP contribution in [0.2, 0.25) is 5.02 Å². The lowest BCUT2D eigenvalue weighted by Crippen LogP contribution is -2.21. The van der Waals surface area contributed by atoms with Crippen molar-refractivity contribution in [3.05, 3.63) is 88.8 Å². The Morgan fingerprint density at radius 1 is 1.03 bits per heavy atom. The Labute approximate surface area is 222 Å². The normalized spacial score (nSPS) is 16.1. The first-order valence-corrected chi connectivity index (χ1v) is 12.4. The fraction of sp³-hybridized carbons (Fsp3) is 0.125. The van der Waals surface area contributed by atoms with E-state index in [9.17, 15) is 5.26 Å². The summed E-state index contributed by atoms with van der Waals surface area (Å²) in [5.41, 5.74) is 9.21. The van der Waals surface area contributed by atoms with Crippen LogP contribution >= 0.6 is 56.8 Å². The Bertz CT molecular complexity index is 1310. The maximum atomic E-state index is 9.87. The summed E-state index contributed by atoms with van der Waals surface area (Å²) in [6.07, 6.45) is 0. The second-order valence-corrected chi connectivity index (χ2v) is 10.2. The van der Waals surface area contributed by atoms with Gasteiger partial charge in [0.05, 0.1) is 13.1 Å². The third kappa shape index (κ3) is 4.29. The molecule has 0 spiro atoms. The number of hydrogen-bond donors (Lipinski definition) is 1. The predicted octanol–water partition coefficient (Wildman–Crippen LogP) is 6.08. The number of rotatable bonds is 4. The van der Waals surface area contributed by atoms with Crippen molar-refractivity contribution < 1.29 is 18.9 Å². The molecule has 1 atom stereocenters. The topological polar surface area (TPSA) is 86.7 Å². The fourth-order valence-electron chi connectivity index (χ4n) is 3.81. The number of nitrogens with two attached hydrogens (primary N) is 1. The Hall–Kier alpha value is -2.36. The lowest BCUT2D eigenvalue weighted by Gasteiger charge is -2.27. The van der Waals surface area contributed by atoms with Gasteiger partial charge in [-0.15, -0.1) is 0 Å². The Balaban J connectivity index is 1.52. The average molecular weight is 685 g/mol. The molecule has 3 aromatic rings. The molecule has 0 radical (unpaired) electrons. The number of nitrogens with zero attached hydrogens (tertiary/aromatic N) is 1. The number of fused-ring (bicyclic) bond motifs is 2. The highest BCUT2D eigenvalue weighted by atomic mass is 127. The molecular weight excluding hydrogens is 670 g/mol. The Morgan fingerprint density at radius 2 is 1.70 bits per heavy atom. The van der Waals surface area contributed by atoms with Crippen LogP contribution in [0.1, 0.15) is 22.6 Å². The molecule has 166 valence electrons. The van der Waals surface area contributed by atoms with E-state index in [1.165, 1.54) is 0 Å². The van der Waals surface area contributed by atoms with Crippen molar-refractivity contribution >= 4 is 56.8 Å². The molecule has 6 nitrogen and oxygen atoms in total. The van der Waals surface area contributed by atoms with Crippen LogP contribution in [-0.4, -0.2) is 6.79 Å². The van der Waals surface area contributed by atoms with E-state index in [0.29, 0.717) is 34.5 Å². The van der Waals surface area contributed by atoms with Crippen molar-refractivity contribution in [1.29, 1.82) is 5.26 Å². The zero-order valence-electron chi connectivity index (χ0n) is 16.9. The molecule has 5 rings (SSSR count). The smallest absolute Gasteiger partial charge is 0.231 e. The first kappa shape index (κ1) is 22.4. The van der Waals surface area contributed by atoms with E-state index in [0.717, 1.165) is 29.6 Å². The van der Waals surface area contributed by atoms with Gasteiger partial charge in [0.15, 0.2) is 11.5 Å². The van der Waals surface area contributed by atoms with Crippen LogP contribution in [0.25, 0.3) is 0 Å². The SMILES string of the molecule is N#CC1=C(N)Oc2cc3c(cc2[C@@H]1c1cc(I)c(OCc2ccc(Cl)cc2)c(I)c1)OCO3. The van der Waals surface area contributed by atoms with E-state index in [-0.39, 0.29) is 12.7 Å². The molecule has 0 aliphatic carbocycles. The molecule has 2 aliphatic heterocycles. The summed E-state index contributed by atoms with van der Waals surface area (Å²) in [6.45, 7) is 0.564. The van der Waals surface area contributed by atoms with Gasteiger partial charge in [-0.3, -0.25) is 0 Å². The van der Waals surface area contributed by atoms with Gasteiger partial charge in [0.2, 0.25) is 12.7 Å². The standard InChI is InChI=1S/C24H15ClI2N2O4/c25-14-3-1-12(2-4-14)10-30-23-17(26)5-13(6-18(23)27)22-15-7-20-21(32-11-31-20)8-19(15)33-24(29)16(22)9-28/h1-8,22H,10-11,29H2/t22-/m0/s1. The Kier molecular flexibility index (Phi) is 6.20. The van der Waals surface area contributed by atoms with Gasteiger partial charge < -0.3 is 24.7 Å². The minimum absolute atomic E-state index is 0.0851. The van der Waals surface area contributed by atoms with Gasteiger partial charge >= 0.3 is 0 Å². The van der Waals surface area contributed by atoms with E-state index >= 15 is 0 Å². The molecule has 0 aromatic heterocycles. The maximum absolute atomic E-state index is 9.87. The number of allylic oxidation sites excluding steroid dienone is 1. The van der Waals surface area contributed by atoms with Crippen molar-refractivity contribution in [3.63, 3.8) is 0 Å². The molecule has 3 aromatic carbocycles. The highest BCUT2D eigenvalue weighted by Crippen LogP contribution is 2.48. The fourth-order valence-corrected chi connectivity index (χ4v) is 6.06. The number of halogens is 3. The van der Waals surface area contributed by atoms with Gasteiger partial charge in [-0.2, -0.15) is 5.26 Å². The minimum Gasteiger partial charge on any atom is -0.487 e. The molecule has 33 heavy (non-hydrogen) atoms. The van der Waals surface area contributed by atoms with Gasteiger partial charge in [0.1, 0.15) is 29.7 Å². The lowest BCUT2D eigenvalue weighted by molar-refractivity contribution is 0.174. The van der Waals surface area contributed by atoms with Gasteiger partial charge in [-0.1, -0.05) is 23.7 Å². The van der Waals surface area contributed by atoms with E-state index in [1.54, 1.807) is 6.07 Å². The van der Waals surface area contributed by atoms with Crippen molar-refractivity contribution in [3.8, 4) is 29.1 Å². The minimum atomic E-state index is -0.402. The predicted molar refractivity (Wildman–Crippen MR) is 140 cm³/mol. The van der Waals surface area contributed by atoms with Gasteiger partial charge in [0.25, 0.3) is 0 Å². The molecule has 2 heterocycles. The number of nitriles is 1. The average Bonchev–Trinajstić information content (AvgIpc) is 3.24. The van der Waals surface area contributed by atoms with Gasteiger partial charge in [-0.05, 0) is 86.6 Å². The summed E-state index contributed by atoms with van der Waals surface area (Å²) >= 11 is 10.5. The zero-order valence-corrected chi connectivity index (χ0v) is 22.0. The molecule has 0 saturated carbocycles. The zero-order chi connectivity index (χ0) is 23.1. The monoisotopic (exact) mass is 684 g/mol. The van der Waals surface area contributed by atoms with Crippen molar-refractivity contribution in [2.45, 2.75) is 12.5 Å². The first-order chi connectivity index (χ1) is 15.9. The highest BCUT2D eigenvalue weighted by Gasteiger charge is 2.34. The number of hydrogen-bond acceptors (Lipinski definition) is 6. The molecule has 0 unspecified atom stereocenters. The molecule has 2 aliphatic rings. The lowest BCUT2D eigenvalue weighted by atomic mass is 9.83. The van der Waals surface area contributed by atoms with Crippen LogP contribution in [-0.2, 0) is 6.61 Å². The second-order valence-electron chi connectivity index (χ2n) is 7.40. The third-order valence-electron chi connectivity index (χ3n) is 5.36. The molecule has 0 bridgehead atoms. The summed E-state index contributed by atoms with van der Waals surface area (Å²) < 4.78 is 24.7. The van der Waals surface area contributed by atoms with Crippen molar-refractivity contribution in [2.24, 2.45) is 5.73 Å². The summed E-state index contributed by atoms with van der Waals surface area (Å²) in [4.78, 5) is 0. The quantitative estimate of drug-likeness (QED) is 0.336. The summed E-state index contributed by atoms with van der Waals surface area (Å²) in [6, 6.07) is 17.4. The van der Waals surface area contributed by atoms with E-state index in [4.69, 9.17) is 36.3 Å². The van der Waals surface area contributed by atoms with Crippen LogP contribution in [0, 0.1) is 18.5 Å². The van der Waals surface area contributed by atoms with Crippen molar-refractivity contribution in [2.75, 3.05) is 6.79 Å². The van der Waals surface area contributed by atoms with Crippen molar-refractivity contribution in [1.82, 2.24) is 0 Å². The molecule has 9 heteroatoms. The maximum Gasteiger partial charge on any atom is 0.231 e. The molecule has 2 N–H and O–H groups in total. The summed E-state index contributed by atoms with van der Waals surface area (Å²) in [5, 5.41) is 10.6. The van der Waals surface area contributed by atoms with Crippen LogP contribution in [0.15, 0.2) is 60.0 Å². The van der Waals surface area contributed by atoms with Gasteiger partial charge in [0, 0.05) is 16.7 Å². The second kappa shape index (κ2) is 9.12. The largest absolute Gasteiger partial charge is 0.487 e. The van der Waals surface area contributed by atoms with E-state index in [1.807, 2.05) is 42.5 Å². The van der Waals surface area contributed by atoms with Crippen LogP contribution in [0.3, 0.4) is 0 Å². The highest BCUT2D eigenvalue weighted by molar-refractivity contribution is 14.1. The van der Waals surface area contributed by atoms with E-state index < -0.39 is 5.92 Å². The molecule has 0 fully saturated rings. The summed E-state index contributed by atoms with van der Waals surface area (Å²) in [7, 11) is 0. The first-order valence-electron chi connectivity index (χ1n) is 9.82. The molecular formula is C24H15ClI2N2O4.